The van der Waals surface area contributed by atoms with Crippen LogP contribution in [0.1, 0.15) is 4.44 Å². The normalized spacial score (nSPS) is 15.6. The Kier molecular flexibility index (Phi) is 4.54. The van der Waals surface area contributed by atoms with Gasteiger partial charge in [-0.15, -0.1) is 0 Å². The van der Waals surface area contributed by atoms with Crippen molar-refractivity contribution in [3.8, 4) is 11.5 Å². The number of amides is 4. The summed E-state index contributed by atoms with van der Waals surface area (Å²) in [5, 5.41) is 0. The Balaban J connectivity index is 1.62. The number of hydrogen-bond donors (Lipinski definition) is 0. The third kappa shape index (κ3) is 3.08. The van der Waals surface area contributed by atoms with E-state index in [4.69, 9.17) is 4.74 Å². The van der Waals surface area contributed by atoms with Crippen molar-refractivity contribution >= 4 is 54.4 Å². The molecule has 0 saturated carbocycles. The summed E-state index contributed by atoms with van der Waals surface area (Å²) < 4.78 is 7.95. The first-order valence-corrected chi connectivity index (χ1v) is 11.2. The summed E-state index contributed by atoms with van der Waals surface area (Å²) in [5.41, 5.74) is 1.91. The molecule has 1 fully saturated rings. The minimum absolute atomic E-state index is 0.0265. The van der Waals surface area contributed by atoms with E-state index in [0.717, 1.165) is 35.9 Å². The van der Waals surface area contributed by atoms with Crippen LogP contribution in [0.4, 0.5) is 20.7 Å². The maximum absolute atomic E-state index is 12.6. The monoisotopic (exact) mass is 479 g/mol. The Morgan fingerprint density at radius 3 is 2.19 bits per heavy atom. The van der Waals surface area contributed by atoms with Crippen molar-refractivity contribution in [2.24, 2.45) is 0 Å². The van der Waals surface area contributed by atoms with Gasteiger partial charge in [-0.1, -0.05) is 0 Å². The topological polar surface area (TPSA) is 70.2 Å². The summed E-state index contributed by atoms with van der Waals surface area (Å²) in [6.07, 6.45) is 1.58. The Labute approximate surface area is 184 Å². The van der Waals surface area contributed by atoms with Gasteiger partial charge in [0.1, 0.15) is 0 Å². The fraction of sp³-hybridized carbons (Fsp3) is 0.0870. The second-order valence-corrected chi connectivity index (χ2v) is 9.36. The molecule has 2 aliphatic rings. The molecular weight excluding hydrogens is 461 g/mol. The number of benzene rings is 2. The molecule has 0 N–H and O–H groups in total. The number of ether oxygens (including phenoxy) is 1. The number of imide groups is 2. The van der Waals surface area contributed by atoms with Crippen molar-refractivity contribution in [2.75, 3.05) is 19.0 Å². The van der Waals surface area contributed by atoms with Gasteiger partial charge in [-0.2, -0.15) is 0 Å². The number of para-hydroxylation sites is 3. The Bertz CT molecular complexity index is 1240. The van der Waals surface area contributed by atoms with Crippen molar-refractivity contribution in [3.05, 3.63) is 70.7 Å². The summed E-state index contributed by atoms with van der Waals surface area (Å²) in [7, 11) is 2.74. The van der Waals surface area contributed by atoms with Crippen molar-refractivity contribution < 1.29 is 19.1 Å². The van der Waals surface area contributed by atoms with E-state index >= 15 is 0 Å². The van der Waals surface area contributed by atoms with Crippen molar-refractivity contribution in [1.29, 1.82) is 0 Å². The van der Waals surface area contributed by atoms with Crippen molar-refractivity contribution in [1.82, 2.24) is 9.80 Å². The first kappa shape index (κ1) is 19.4. The molecule has 2 aromatic carbocycles. The second kappa shape index (κ2) is 7.27. The predicted molar refractivity (Wildman–Crippen MR) is 117 cm³/mol. The standard InChI is InChI=1S/C23H17N3O4Se/c1-24-20(27)16(21(28)25(2)23(24)29)12-15-13-19-22(31-15)26(14-8-4-3-5-9-14)17-10-6-7-11-18(17)30-19/h3-13H,1-2H3. The third-order valence-corrected chi connectivity index (χ3v) is 7.37. The predicted octanol–water partition coefficient (Wildman–Crippen LogP) is 3.75. The molecule has 1 aromatic heterocycles. The van der Waals surface area contributed by atoms with Crippen molar-refractivity contribution in [3.63, 3.8) is 0 Å². The quantitative estimate of drug-likeness (QED) is 0.249. The van der Waals surface area contributed by atoms with E-state index < -0.39 is 17.8 Å². The first-order valence-electron chi connectivity index (χ1n) is 9.53. The number of urea groups is 1. The average molecular weight is 478 g/mol. The number of hydrogen-bond acceptors (Lipinski definition) is 5. The molecule has 154 valence electrons. The Hall–Kier alpha value is -3.61. The molecule has 0 radical (unpaired) electrons. The van der Waals surface area contributed by atoms with Crippen LogP contribution in [0.3, 0.4) is 0 Å². The molecule has 0 unspecified atom stereocenters. The van der Waals surface area contributed by atoms with E-state index in [2.05, 4.69) is 4.90 Å². The number of nitrogens with zero attached hydrogens (tertiary/aromatic N) is 3. The first-order chi connectivity index (χ1) is 15.0. The van der Waals surface area contributed by atoms with E-state index in [1.54, 1.807) is 6.08 Å². The SMILES string of the molecule is CN1C(=O)C(=Cc2cc3c([se]2)N(c2ccccc2)c2ccccc2O3)C(=O)N(C)C1=O. The minimum atomic E-state index is -0.635. The van der Waals surface area contributed by atoms with Gasteiger partial charge in [-0.05, 0) is 0 Å². The summed E-state index contributed by atoms with van der Waals surface area (Å²) in [6, 6.07) is 19.0. The van der Waals surface area contributed by atoms with Crippen LogP contribution in [0.5, 0.6) is 11.5 Å². The maximum atomic E-state index is 12.6. The van der Waals surface area contributed by atoms with Crippen LogP contribution in [-0.2, 0) is 9.59 Å². The van der Waals surface area contributed by atoms with Gasteiger partial charge in [-0.3, -0.25) is 0 Å². The zero-order valence-electron chi connectivity index (χ0n) is 16.7. The molecule has 1 saturated heterocycles. The molecule has 31 heavy (non-hydrogen) atoms. The van der Waals surface area contributed by atoms with Crippen LogP contribution in [0, 0.1) is 0 Å². The van der Waals surface area contributed by atoms with E-state index in [-0.39, 0.29) is 20.1 Å². The Morgan fingerprint density at radius 1 is 0.839 bits per heavy atom. The van der Waals surface area contributed by atoms with Gasteiger partial charge in [0.2, 0.25) is 0 Å². The zero-order chi connectivity index (χ0) is 21.7. The van der Waals surface area contributed by atoms with Gasteiger partial charge in [0.05, 0.1) is 0 Å². The summed E-state index contributed by atoms with van der Waals surface area (Å²) in [6.45, 7) is 0. The number of carbonyl (C=O) groups excluding carboxylic acids is 3. The number of rotatable bonds is 2. The summed E-state index contributed by atoms with van der Waals surface area (Å²) in [5.74, 6) is 0.237. The average Bonchev–Trinajstić information content (AvgIpc) is 3.20. The molecule has 0 bridgehead atoms. The third-order valence-electron chi connectivity index (χ3n) is 5.17. The molecule has 0 atom stereocenters. The van der Waals surface area contributed by atoms with Crippen molar-refractivity contribution in [2.45, 2.75) is 0 Å². The second-order valence-electron chi connectivity index (χ2n) is 7.13. The van der Waals surface area contributed by atoms with Gasteiger partial charge in [0.15, 0.2) is 0 Å². The van der Waals surface area contributed by atoms with Crippen LogP contribution < -0.4 is 9.64 Å². The number of barbiturate groups is 1. The number of anilines is 3. The van der Waals surface area contributed by atoms with Crippen LogP contribution >= 0.6 is 0 Å². The summed E-state index contributed by atoms with van der Waals surface area (Å²) >= 11 is -0.217. The zero-order valence-corrected chi connectivity index (χ0v) is 18.4. The molecule has 3 aromatic rings. The fourth-order valence-corrected chi connectivity index (χ4v) is 5.82. The summed E-state index contributed by atoms with van der Waals surface area (Å²) in [4.78, 5) is 41.2. The fourth-order valence-electron chi connectivity index (χ4n) is 3.59. The molecule has 7 nitrogen and oxygen atoms in total. The van der Waals surface area contributed by atoms with Crippen LogP contribution in [0.15, 0.2) is 66.2 Å². The number of carbonyl (C=O) groups is 3. The number of likely N-dealkylation sites (N-methyl/N-ethyl adjacent to an activating group) is 2. The molecule has 0 aliphatic carbocycles. The molecule has 4 amide bonds. The number of fused-ring (bicyclic) bond motifs is 2. The van der Waals surface area contributed by atoms with Gasteiger partial charge < -0.3 is 0 Å². The van der Waals surface area contributed by atoms with E-state index in [1.807, 2.05) is 60.7 Å². The van der Waals surface area contributed by atoms with Crippen LogP contribution in [-0.4, -0.2) is 56.2 Å². The Morgan fingerprint density at radius 2 is 1.48 bits per heavy atom. The molecule has 5 rings (SSSR count). The van der Waals surface area contributed by atoms with Gasteiger partial charge in [-0.25, -0.2) is 0 Å². The van der Waals surface area contributed by atoms with Gasteiger partial charge in [0, 0.05) is 0 Å². The molecular formula is C23H17N3O4Se. The molecule has 0 spiro atoms. The van der Waals surface area contributed by atoms with E-state index in [1.165, 1.54) is 14.1 Å². The van der Waals surface area contributed by atoms with E-state index in [0.29, 0.717) is 5.75 Å². The van der Waals surface area contributed by atoms with Crippen LogP contribution in [0.25, 0.3) is 6.08 Å². The molecule has 2 aliphatic heterocycles. The van der Waals surface area contributed by atoms with Gasteiger partial charge >= 0.3 is 184 Å². The van der Waals surface area contributed by atoms with Gasteiger partial charge in [0.25, 0.3) is 0 Å². The molecule has 3 heterocycles. The van der Waals surface area contributed by atoms with E-state index in [9.17, 15) is 14.4 Å². The van der Waals surface area contributed by atoms with Crippen LogP contribution in [0.2, 0.25) is 0 Å². The molecule has 8 heteroatoms.